The molecule has 5 nitrogen and oxygen atoms in total. The number of fused-ring (bicyclic) bond motifs is 1. The molecule has 2 heterocycles. The van der Waals surface area contributed by atoms with Gasteiger partial charge in [0.25, 0.3) is 0 Å². The highest BCUT2D eigenvalue weighted by Gasteiger charge is 2.44. The molecule has 2 rings (SSSR count). The van der Waals surface area contributed by atoms with Crippen molar-refractivity contribution in [3.63, 3.8) is 0 Å². The molecule has 60 valence electrons. The summed E-state index contributed by atoms with van der Waals surface area (Å²) >= 11 is 0. The molecular formula is C6H7NO4. The first-order chi connectivity index (χ1) is 5.33. The van der Waals surface area contributed by atoms with E-state index in [1.807, 2.05) is 0 Å². The number of nitrogens with zero attached hydrogens (tertiary/aromatic N) is 1. The number of hydrogen-bond donors (Lipinski definition) is 0. The Morgan fingerprint density at radius 2 is 2.36 bits per heavy atom. The topological polar surface area (TPSA) is 55.8 Å². The Labute approximate surface area is 62.9 Å². The quantitative estimate of drug-likeness (QED) is 0.461. The van der Waals surface area contributed by atoms with Crippen molar-refractivity contribution in [2.75, 3.05) is 6.79 Å². The lowest BCUT2D eigenvalue weighted by molar-refractivity contribution is -0.144. The molecule has 0 radical (unpaired) electrons. The van der Waals surface area contributed by atoms with Gasteiger partial charge < -0.3 is 9.47 Å². The summed E-state index contributed by atoms with van der Waals surface area (Å²) in [5, 5.41) is 0. The summed E-state index contributed by atoms with van der Waals surface area (Å²) in [4.78, 5) is 22.3. The van der Waals surface area contributed by atoms with E-state index in [2.05, 4.69) is 0 Å². The third-order valence-corrected chi connectivity index (χ3v) is 1.89. The number of carbonyl (C=O) groups excluding carboxylic acids is 2. The van der Waals surface area contributed by atoms with Gasteiger partial charge in [0, 0.05) is 0 Å². The van der Waals surface area contributed by atoms with Gasteiger partial charge in [0.15, 0.2) is 6.23 Å². The van der Waals surface area contributed by atoms with Gasteiger partial charge in [-0.1, -0.05) is 0 Å². The highest BCUT2D eigenvalue weighted by molar-refractivity contribution is 5.89. The fraction of sp³-hybridized carbons (Fsp3) is 0.667. The van der Waals surface area contributed by atoms with Crippen LogP contribution in [-0.2, 0) is 19.1 Å². The Kier molecular flexibility index (Phi) is 1.40. The second-order valence-electron chi connectivity index (χ2n) is 2.49. The van der Waals surface area contributed by atoms with Crippen LogP contribution in [0.4, 0.5) is 0 Å². The number of amides is 2. The van der Waals surface area contributed by atoms with Gasteiger partial charge in [0.1, 0.15) is 12.9 Å². The molecule has 5 heteroatoms. The number of imide groups is 1. The lowest BCUT2D eigenvalue weighted by Crippen LogP contribution is -2.34. The molecule has 2 aliphatic heterocycles. The van der Waals surface area contributed by atoms with E-state index in [4.69, 9.17) is 9.47 Å². The minimum atomic E-state index is -0.472. The highest BCUT2D eigenvalue weighted by atomic mass is 16.7. The van der Waals surface area contributed by atoms with Gasteiger partial charge in [-0.2, -0.15) is 0 Å². The predicted molar refractivity (Wildman–Crippen MR) is 32.1 cm³/mol. The molecule has 0 aromatic rings. The fourth-order valence-corrected chi connectivity index (χ4v) is 1.34. The lowest BCUT2D eigenvalue weighted by atomic mass is 10.3. The Morgan fingerprint density at radius 1 is 1.55 bits per heavy atom. The highest BCUT2D eigenvalue weighted by Crippen LogP contribution is 2.26. The van der Waals surface area contributed by atoms with E-state index in [9.17, 15) is 9.59 Å². The number of hydrogen-bond acceptors (Lipinski definition) is 4. The van der Waals surface area contributed by atoms with Gasteiger partial charge >= 0.3 is 0 Å². The molecule has 0 N–H and O–H groups in total. The third-order valence-electron chi connectivity index (χ3n) is 1.89. The molecular weight excluding hydrogens is 150 g/mol. The Balaban J connectivity index is 2.19. The zero-order valence-electron chi connectivity index (χ0n) is 5.73. The molecule has 0 spiro atoms. The first-order valence-corrected chi connectivity index (χ1v) is 3.32. The van der Waals surface area contributed by atoms with E-state index in [0.29, 0.717) is 6.41 Å². The summed E-state index contributed by atoms with van der Waals surface area (Å²) in [6, 6.07) is 0. The van der Waals surface area contributed by atoms with Crippen LogP contribution in [0.5, 0.6) is 0 Å². The molecule has 2 atom stereocenters. The van der Waals surface area contributed by atoms with Crippen molar-refractivity contribution in [1.29, 1.82) is 0 Å². The van der Waals surface area contributed by atoms with E-state index < -0.39 is 6.23 Å². The smallest absolute Gasteiger partial charge is 0.233 e. The second-order valence-corrected chi connectivity index (χ2v) is 2.49. The standard InChI is InChI=1S/C6H7NO4/c8-2-7-5(9)1-4-6(7)11-3-10-4/h2,4,6H,1,3H2. The van der Waals surface area contributed by atoms with Crippen molar-refractivity contribution >= 4 is 12.3 Å². The fourth-order valence-electron chi connectivity index (χ4n) is 1.34. The van der Waals surface area contributed by atoms with Gasteiger partial charge in [-0.05, 0) is 0 Å². The predicted octanol–water partition coefficient (Wildman–Crippen LogP) is -0.926. The van der Waals surface area contributed by atoms with Crippen molar-refractivity contribution in [3.8, 4) is 0 Å². The monoisotopic (exact) mass is 157 g/mol. The summed E-state index contributed by atoms with van der Waals surface area (Å²) in [6.45, 7) is 0.174. The molecule has 2 aliphatic rings. The molecule has 0 saturated carbocycles. The van der Waals surface area contributed by atoms with Crippen molar-refractivity contribution in [2.24, 2.45) is 0 Å². The van der Waals surface area contributed by atoms with E-state index in [0.717, 1.165) is 4.90 Å². The molecule has 2 saturated heterocycles. The Bertz CT molecular complexity index is 205. The largest absolute Gasteiger partial charge is 0.347 e. The van der Waals surface area contributed by atoms with Crippen LogP contribution in [0.3, 0.4) is 0 Å². The normalized spacial score (nSPS) is 36.0. The first kappa shape index (κ1) is 6.75. The Morgan fingerprint density at radius 3 is 3.09 bits per heavy atom. The summed E-state index contributed by atoms with van der Waals surface area (Å²) in [5.74, 6) is -0.227. The number of ether oxygens (including phenoxy) is 2. The SMILES string of the molecule is O=CN1C(=O)CC2OCOC21. The Hall–Kier alpha value is -0.940. The number of carbonyl (C=O) groups is 2. The van der Waals surface area contributed by atoms with Crippen LogP contribution in [0.15, 0.2) is 0 Å². The maximum atomic E-state index is 11.0. The molecule has 0 aromatic heterocycles. The van der Waals surface area contributed by atoms with E-state index >= 15 is 0 Å². The van der Waals surface area contributed by atoms with Gasteiger partial charge in [0.2, 0.25) is 12.3 Å². The molecule has 11 heavy (non-hydrogen) atoms. The average molecular weight is 157 g/mol. The minimum Gasteiger partial charge on any atom is -0.347 e. The summed E-state index contributed by atoms with van der Waals surface area (Å²) < 4.78 is 10.0. The van der Waals surface area contributed by atoms with Gasteiger partial charge in [-0.3, -0.25) is 14.5 Å². The van der Waals surface area contributed by atoms with Crippen LogP contribution < -0.4 is 0 Å². The first-order valence-electron chi connectivity index (χ1n) is 3.32. The summed E-state index contributed by atoms with van der Waals surface area (Å²) in [5.41, 5.74) is 0. The van der Waals surface area contributed by atoms with Crippen molar-refractivity contribution in [3.05, 3.63) is 0 Å². The number of rotatable bonds is 1. The summed E-state index contributed by atoms with van der Waals surface area (Å²) in [6.07, 6.45) is 0.0261. The molecule has 2 unspecified atom stereocenters. The van der Waals surface area contributed by atoms with Gasteiger partial charge in [-0.15, -0.1) is 0 Å². The van der Waals surface area contributed by atoms with Crippen molar-refractivity contribution in [1.82, 2.24) is 4.90 Å². The molecule has 2 fully saturated rings. The van der Waals surface area contributed by atoms with Crippen LogP contribution in [0.1, 0.15) is 6.42 Å². The zero-order valence-corrected chi connectivity index (χ0v) is 5.73. The second kappa shape index (κ2) is 2.28. The third kappa shape index (κ3) is 0.849. The van der Waals surface area contributed by atoms with Gasteiger partial charge in [-0.25, -0.2) is 0 Å². The molecule has 0 bridgehead atoms. The maximum absolute atomic E-state index is 11.0. The van der Waals surface area contributed by atoms with Crippen LogP contribution in [0, 0.1) is 0 Å². The van der Waals surface area contributed by atoms with E-state index in [1.165, 1.54) is 0 Å². The summed E-state index contributed by atoms with van der Waals surface area (Å²) in [7, 11) is 0. The van der Waals surface area contributed by atoms with E-state index in [1.54, 1.807) is 0 Å². The van der Waals surface area contributed by atoms with Crippen molar-refractivity contribution < 1.29 is 19.1 Å². The average Bonchev–Trinajstić information content (AvgIpc) is 2.46. The minimum absolute atomic E-state index is 0.174. The van der Waals surface area contributed by atoms with Gasteiger partial charge in [0.05, 0.1) is 6.42 Å². The van der Waals surface area contributed by atoms with Crippen LogP contribution in [-0.4, -0.2) is 36.3 Å². The maximum Gasteiger partial charge on any atom is 0.233 e. The van der Waals surface area contributed by atoms with Crippen LogP contribution >= 0.6 is 0 Å². The molecule has 0 aliphatic carbocycles. The molecule has 0 aromatic carbocycles. The van der Waals surface area contributed by atoms with Crippen LogP contribution in [0.25, 0.3) is 0 Å². The number of likely N-dealkylation sites (tertiary alicyclic amines) is 1. The lowest BCUT2D eigenvalue weighted by Gasteiger charge is -2.13. The van der Waals surface area contributed by atoms with E-state index in [-0.39, 0.29) is 25.2 Å². The van der Waals surface area contributed by atoms with Crippen LogP contribution in [0.2, 0.25) is 0 Å². The van der Waals surface area contributed by atoms with Crippen molar-refractivity contribution in [2.45, 2.75) is 18.8 Å². The molecule has 2 amide bonds. The zero-order chi connectivity index (χ0) is 7.84.